The normalized spacial score (nSPS) is 21.3. The standard InChI is InChI=1S/C16H10Cl2F3N3/c17-13-22-14(18)24(12-9-5-2-6-10-12)15(23-13,16(19,20)21)11-7-3-1-4-8-11/h1-10H. The average Bonchev–Trinajstić information content (AvgIpc) is 2.54. The molecular weight excluding hydrogens is 362 g/mol. The Balaban J connectivity index is 2.34. The summed E-state index contributed by atoms with van der Waals surface area (Å²) in [6.45, 7) is 0. The molecule has 24 heavy (non-hydrogen) atoms. The zero-order valence-electron chi connectivity index (χ0n) is 12.0. The molecular formula is C16H10Cl2F3N3. The van der Waals surface area contributed by atoms with Crippen molar-refractivity contribution in [3.05, 3.63) is 66.2 Å². The van der Waals surface area contributed by atoms with Gasteiger partial charge in [0, 0.05) is 11.3 Å². The van der Waals surface area contributed by atoms with Gasteiger partial charge in [0.15, 0.2) is 0 Å². The summed E-state index contributed by atoms with van der Waals surface area (Å²) in [7, 11) is 0. The van der Waals surface area contributed by atoms with Gasteiger partial charge >= 0.3 is 6.18 Å². The lowest BCUT2D eigenvalue weighted by Gasteiger charge is -2.43. The first-order valence-electron chi connectivity index (χ1n) is 6.83. The van der Waals surface area contributed by atoms with E-state index in [1.165, 1.54) is 36.4 Å². The van der Waals surface area contributed by atoms with Crippen LogP contribution in [0.15, 0.2) is 70.6 Å². The van der Waals surface area contributed by atoms with Crippen molar-refractivity contribution in [1.82, 2.24) is 0 Å². The quantitative estimate of drug-likeness (QED) is 0.674. The van der Waals surface area contributed by atoms with Crippen LogP contribution in [0, 0.1) is 0 Å². The lowest BCUT2D eigenvalue weighted by Crippen LogP contribution is -2.58. The molecule has 0 saturated heterocycles. The maximum absolute atomic E-state index is 14.2. The molecule has 1 unspecified atom stereocenters. The summed E-state index contributed by atoms with van der Waals surface area (Å²) < 4.78 is 42.7. The van der Waals surface area contributed by atoms with Gasteiger partial charge in [-0.2, -0.15) is 18.2 Å². The van der Waals surface area contributed by atoms with E-state index in [4.69, 9.17) is 23.2 Å². The van der Waals surface area contributed by atoms with Crippen LogP contribution in [0.2, 0.25) is 0 Å². The van der Waals surface area contributed by atoms with Crippen molar-refractivity contribution < 1.29 is 13.2 Å². The van der Waals surface area contributed by atoms with Crippen molar-refractivity contribution in [3.8, 4) is 0 Å². The minimum absolute atomic E-state index is 0.118. The number of anilines is 1. The molecule has 1 aliphatic heterocycles. The van der Waals surface area contributed by atoms with E-state index in [1.54, 1.807) is 24.3 Å². The molecule has 0 spiro atoms. The SMILES string of the molecule is FC(F)(F)C1(c2ccccc2)N=C(Cl)N=C(Cl)N1c1ccccc1. The number of para-hydroxylation sites is 1. The van der Waals surface area contributed by atoms with Crippen molar-refractivity contribution >= 4 is 39.5 Å². The maximum Gasteiger partial charge on any atom is 0.437 e. The first-order valence-corrected chi connectivity index (χ1v) is 7.59. The maximum atomic E-state index is 14.2. The predicted molar refractivity (Wildman–Crippen MR) is 89.7 cm³/mol. The number of halogens is 5. The molecule has 1 heterocycles. The van der Waals surface area contributed by atoms with Crippen LogP contribution in [-0.4, -0.2) is 16.8 Å². The summed E-state index contributed by atoms with van der Waals surface area (Å²) in [6, 6.07) is 15.1. The van der Waals surface area contributed by atoms with Gasteiger partial charge in [0.25, 0.3) is 5.66 Å². The lowest BCUT2D eigenvalue weighted by atomic mass is 9.96. The number of aliphatic imine (C=N–C) groups is 2. The Hall–Kier alpha value is -2.05. The van der Waals surface area contributed by atoms with Crippen LogP contribution in [0.1, 0.15) is 5.56 Å². The van der Waals surface area contributed by atoms with E-state index in [2.05, 4.69) is 9.98 Å². The highest BCUT2D eigenvalue weighted by atomic mass is 35.5. The molecule has 0 aromatic heterocycles. The molecule has 0 bridgehead atoms. The Labute approximate surface area is 146 Å². The predicted octanol–water partition coefficient (Wildman–Crippen LogP) is 5.11. The first kappa shape index (κ1) is 16.8. The van der Waals surface area contributed by atoms with Crippen LogP contribution in [-0.2, 0) is 5.66 Å². The van der Waals surface area contributed by atoms with Crippen LogP contribution in [0.3, 0.4) is 0 Å². The summed E-state index contributed by atoms with van der Waals surface area (Å²) in [5.74, 6) is 0. The minimum atomic E-state index is -4.81. The Kier molecular flexibility index (Phi) is 4.27. The van der Waals surface area contributed by atoms with Crippen LogP contribution in [0.25, 0.3) is 0 Å². The molecule has 8 heteroatoms. The molecule has 0 saturated carbocycles. The number of rotatable bonds is 2. The summed E-state index contributed by atoms with van der Waals surface area (Å²) in [5.41, 5.74) is -2.72. The molecule has 2 aromatic carbocycles. The molecule has 3 rings (SSSR count). The highest BCUT2D eigenvalue weighted by Crippen LogP contribution is 2.49. The molecule has 0 radical (unpaired) electrons. The fourth-order valence-corrected chi connectivity index (χ4v) is 3.10. The third-order valence-electron chi connectivity index (χ3n) is 3.53. The van der Waals surface area contributed by atoms with E-state index in [0.29, 0.717) is 0 Å². The van der Waals surface area contributed by atoms with Crippen molar-refractivity contribution in [2.75, 3.05) is 4.90 Å². The summed E-state index contributed by atoms with van der Waals surface area (Å²) in [5, 5.41) is -0.976. The molecule has 1 aliphatic rings. The fourth-order valence-electron chi connectivity index (χ4n) is 2.56. The molecule has 0 fully saturated rings. The van der Waals surface area contributed by atoms with Crippen molar-refractivity contribution in [1.29, 1.82) is 0 Å². The largest absolute Gasteiger partial charge is 0.437 e. The van der Waals surface area contributed by atoms with Gasteiger partial charge in [0.1, 0.15) is 0 Å². The van der Waals surface area contributed by atoms with Crippen LogP contribution in [0.5, 0.6) is 0 Å². The number of hydrogen-bond acceptors (Lipinski definition) is 3. The Bertz CT molecular complexity index is 791. The van der Waals surface area contributed by atoms with Gasteiger partial charge in [-0.25, -0.2) is 4.99 Å². The highest BCUT2D eigenvalue weighted by Gasteiger charge is 2.63. The smallest absolute Gasteiger partial charge is 0.279 e. The van der Waals surface area contributed by atoms with E-state index in [9.17, 15) is 13.2 Å². The Morgan fingerprint density at radius 3 is 1.96 bits per heavy atom. The molecule has 0 N–H and O–H groups in total. The number of benzene rings is 2. The van der Waals surface area contributed by atoms with Gasteiger partial charge in [-0.3, -0.25) is 4.90 Å². The molecule has 3 nitrogen and oxygen atoms in total. The zero-order chi connectivity index (χ0) is 17.4. The molecule has 0 aliphatic carbocycles. The van der Waals surface area contributed by atoms with Crippen LogP contribution < -0.4 is 4.90 Å². The molecule has 1 atom stereocenters. The first-order chi connectivity index (χ1) is 11.4. The highest BCUT2D eigenvalue weighted by molar-refractivity contribution is 6.73. The van der Waals surface area contributed by atoms with Crippen molar-refractivity contribution in [3.63, 3.8) is 0 Å². The van der Waals surface area contributed by atoms with Crippen molar-refractivity contribution in [2.45, 2.75) is 11.8 Å². The van der Waals surface area contributed by atoms with Gasteiger partial charge in [0.2, 0.25) is 10.6 Å². The van der Waals surface area contributed by atoms with E-state index < -0.39 is 22.4 Å². The topological polar surface area (TPSA) is 28.0 Å². The van der Waals surface area contributed by atoms with Crippen LogP contribution in [0.4, 0.5) is 18.9 Å². The zero-order valence-corrected chi connectivity index (χ0v) is 13.5. The Morgan fingerprint density at radius 1 is 0.875 bits per heavy atom. The Morgan fingerprint density at radius 2 is 1.42 bits per heavy atom. The third-order valence-corrected chi connectivity index (χ3v) is 3.96. The monoisotopic (exact) mass is 371 g/mol. The third kappa shape index (κ3) is 2.65. The van der Waals surface area contributed by atoms with Crippen molar-refractivity contribution in [2.24, 2.45) is 9.98 Å². The van der Waals surface area contributed by atoms with E-state index in [-0.39, 0.29) is 11.3 Å². The summed E-state index contributed by atoms with van der Waals surface area (Å²) in [6.07, 6.45) is -4.81. The van der Waals surface area contributed by atoms with Gasteiger partial charge < -0.3 is 0 Å². The van der Waals surface area contributed by atoms with E-state index in [1.807, 2.05) is 0 Å². The van der Waals surface area contributed by atoms with Gasteiger partial charge in [-0.15, -0.1) is 0 Å². The van der Waals surface area contributed by atoms with E-state index >= 15 is 0 Å². The number of nitrogens with zero attached hydrogens (tertiary/aromatic N) is 3. The second-order valence-corrected chi connectivity index (χ2v) is 5.64. The fraction of sp³-hybridized carbons (Fsp3) is 0.125. The number of hydrogen-bond donors (Lipinski definition) is 0. The summed E-state index contributed by atoms with van der Waals surface area (Å²) >= 11 is 11.8. The second kappa shape index (κ2) is 6.11. The molecule has 124 valence electrons. The average molecular weight is 372 g/mol. The lowest BCUT2D eigenvalue weighted by molar-refractivity contribution is -0.185. The van der Waals surface area contributed by atoms with Gasteiger partial charge in [-0.05, 0) is 35.3 Å². The van der Waals surface area contributed by atoms with E-state index in [0.717, 1.165) is 4.90 Å². The second-order valence-electron chi connectivity index (χ2n) is 4.97. The number of alkyl halides is 3. The minimum Gasteiger partial charge on any atom is -0.279 e. The molecule has 0 amide bonds. The van der Waals surface area contributed by atoms with Gasteiger partial charge in [-0.1, -0.05) is 48.5 Å². The van der Waals surface area contributed by atoms with Gasteiger partial charge in [0.05, 0.1) is 0 Å². The number of amidine groups is 2. The molecule has 2 aromatic rings. The summed E-state index contributed by atoms with van der Waals surface area (Å²) in [4.78, 5) is 8.20. The van der Waals surface area contributed by atoms with Crippen LogP contribution >= 0.6 is 23.2 Å².